The van der Waals surface area contributed by atoms with E-state index in [0.717, 1.165) is 22.5 Å². The summed E-state index contributed by atoms with van der Waals surface area (Å²) in [5.74, 6) is -0.398. The lowest BCUT2D eigenvalue weighted by molar-refractivity contribution is -0.384. The third kappa shape index (κ3) is 2.67. The molecule has 1 saturated heterocycles. The number of benzene rings is 1. The first kappa shape index (κ1) is 15.2. The first-order valence-corrected chi connectivity index (χ1v) is 7.52. The molecule has 114 valence electrons. The van der Waals surface area contributed by atoms with Crippen LogP contribution in [0.2, 0.25) is 0 Å². The van der Waals surface area contributed by atoms with E-state index >= 15 is 0 Å². The Morgan fingerprint density at radius 2 is 2.14 bits per heavy atom. The molecule has 0 spiro atoms. The highest BCUT2D eigenvalue weighted by atomic mass is 32.2. The largest absolute Gasteiger partial charge is 0.397 e. The Morgan fingerprint density at radius 1 is 1.48 bits per heavy atom. The molecule has 1 amide bonds. The van der Waals surface area contributed by atoms with Crippen molar-refractivity contribution < 1.29 is 18.1 Å². The number of carbonyl (C=O) groups excluding carboxylic acids is 1. The maximum Gasteiger partial charge on any atom is 0.271 e. The number of anilines is 1. The van der Waals surface area contributed by atoms with Gasteiger partial charge in [-0.15, -0.1) is 0 Å². The summed E-state index contributed by atoms with van der Waals surface area (Å²) >= 11 is 0. The van der Waals surface area contributed by atoms with Crippen molar-refractivity contribution in [3.05, 3.63) is 28.3 Å². The van der Waals surface area contributed by atoms with Crippen molar-refractivity contribution in [2.75, 3.05) is 18.8 Å². The summed E-state index contributed by atoms with van der Waals surface area (Å²) < 4.78 is 26.1. The van der Waals surface area contributed by atoms with Gasteiger partial charge in [0.1, 0.15) is 10.9 Å². The average Bonchev–Trinajstić information content (AvgIpc) is 2.41. The first-order valence-electron chi connectivity index (χ1n) is 6.08. The standard InChI is InChI=1S/C11H14N4O5S/c1-7-11(16)13-4-5-14(7)21(19,20)10-3-2-8(15(17)18)6-9(10)12/h2-3,6-7H,4-5,12H2,1H3,(H,13,16). The zero-order valence-corrected chi connectivity index (χ0v) is 12.0. The second kappa shape index (κ2) is 5.30. The summed E-state index contributed by atoms with van der Waals surface area (Å²) in [5, 5.41) is 13.2. The summed E-state index contributed by atoms with van der Waals surface area (Å²) in [6.45, 7) is 1.79. The van der Waals surface area contributed by atoms with Gasteiger partial charge in [-0.2, -0.15) is 4.31 Å². The number of hydrogen-bond donors (Lipinski definition) is 2. The molecule has 10 heteroatoms. The molecule has 1 unspecified atom stereocenters. The third-order valence-electron chi connectivity index (χ3n) is 3.23. The number of nitrogens with one attached hydrogen (secondary N) is 1. The summed E-state index contributed by atoms with van der Waals surface area (Å²) in [5.41, 5.74) is 5.11. The molecule has 0 aromatic heterocycles. The molecular formula is C11H14N4O5S. The molecule has 1 heterocycles. The summed E-state index contributed by atoms with van der Waals surface area (Å²) in [6.07, 6.45) is 0. The highest BCUT2D eigenvalue weighted by Gasteiger charge is 2.36. The van der Waals surface area contributed by atoms with Crippen LogP contribution in [0, 0.1) is 10.1 Å². The van der Waals surface area contributed by atoms with Gasteiger partial charge in [0, 0.05) is 25.2 Å². The number of non-ortho nitro benzene ring substituents is 1. The number of carbonyl (C=O) groups is 1. The molecule has 3 N–H and O–H groups in total. The minimum absolute atomic E-state index is 0.117. The van der Waals surface area contributed by atoms with Crippen molar-refractivity contribution in [2.24, 2.45) is 0 Å². The molecule has 1 atom stereocenters. The molecule has 0 bridgehead atoms. The molecule has 2 rings (SSSR count). The zero-order valence-electron chi connectivity index (χ0n) is 11.1. The normalized spacial score (nSPS) is 20.0. The Hall–Kier alpha value is -2.20. The van der Waals surface area contributed by atoms with Crippen molar-refractivity contribution in [3.63, 3.8) is 0 Å². The summed E-state index contributed by atoms with van der Waals surface area (Å²) in [6, 6.07) is 2.28. The summed E-state index contributed by atoms with van der Waals surface area (Å²) in [7, 11) is -3.99. The van der Waals surface area contributed by atoms with Gasteiger partial charge in [-0.1, -0.05) is 0 Å². The average molecular weight is 314 g/mol. The second-order valence-electron chi connectivity index (χ2n) is 4.56. The highest BCUT2D eigenvalue weighted by molar-refractivity contribution is 7.89. The first-order chi connectivity index (χ1) is 9.75. The molecule has 9 nitrogen and oxygen atoms in total. The van der Waals surface area contributed by atoms with Gasteiger partial charge < -0.3 is 11.1 Å². The lowest BCUT2D eigenvalue weighted by Gasteiger charge is -2.31. The molecule has 1 aliphatic heterocycles. The van der Waals surface area contributed by atoms with Crippen molar-refractivity contribution in [2.45, 2.75) is 17.9 Å². The topological polar surface area (TPSA) is 136 Å². The lowest BCUT2D eigenvalue weighted by Crippen LogP contribution is -2.55. The zero-order chi connectivity index (χ0) is 15.8. The maximum absolute atomic E-state index is 12.5. The smallest absolute Gasteiger partial charge is 0.271 e. The van der Waals surface area contributed by atoms with Gasteiger partial charge in [-0.25, -0.2) is 8.42 Å². The van der Waals surface area contributed by atoms with E-state index in [4.69, 9.17) is 5.73 Å². The van der Waals surface area contributed by atoms with Gasteiger partial charge in [0.2, 0.25) is 15.9 Å². The maximum atomic E-state index is 12.5. The molecule has 0 aliphatic carbocycles. The Bertz CT molecular complexity index is 703. The number of rotatable bonds is 3. The third-order valence-corrected chi connectivity index (χ3v) is 5.28. The van der Waals surface area contributed by atoms with Crippen LogP contribution in [0.5, 0.6) is 0 Å². The van der Waals surface area contributed by atoms with E-state index in [-0.39, 0.29) is 29.4 Å². The van der Waals surface area contributed by atoms with Crippen LogP contribution in [0.15, 0.2) is 23.1 Å². The molecule has 1 fully saturated rings. The molecular weight excluding hydrogens is 300 g/mol. The number of nitro groups is 1. The number of hydrogen-bond acceptors (Lipinski definition) is 6. The van der Waals surface area contributed by atoms with Gasteiger partial charge in [0.25, 0.3) is 5.69 Å². The number of nitro benzene ring substituents is 1. The van der Waals surface area contributed by atoms with Crippen LogP contribution in [0.3, 0.4) is 0 Å². The van der Waals surface area contributed by atoms with Crippen LogP contribution in [0.25, 0.3) is 0 Å². The molecule has 21 heavy (non-hydrogen) atoms. The highest BCUT2D eigenvalue weighted by Crippen LogP contribution is 2.28. The van der Waals surface area contributed by atoms with E-state index < -0.39 is 26.9 Å². The number of amides is 1. The van der Waals surface area contributed by atoms with Crippen LogP contribution >= 0.6 is 0 Å². The van der Waals surface area contributed by atoms with E-state index in [1.807, 2.05) is 0 Å². The quantitative estimate of drug-likeness (QED) is 0.446. The predicted molar refractivity (Wildman–Crippen MR) is 73.9 cm³/mol. The van der Waals surface area contributed by atoms with E-state index in [9.17, 15) is 23.3 Å². The van der Waals surface area contributed by atoms with Gasteiger partial charge >= 0.3 is 0 Å². The van der Waals surface area contributed by atoms with Crippen molar-refractivity contribution in [3.8, 4) is 0 Å². The van der Waals surface area contributed by atoms with E-state index in [1.54, 1.807) is 0 Å². The monoisotopic (exact) mass is 314 g/mol. The minimum Gasteiger partial charge on any atom is -0.397 e. The number of nitrogens with two attached hydrogens (primary N) is 1. The lowest BCUT2D eigenvalue weighted by atomic mass is 10.2. The fourth-order valence-corrected chi connectivity index (χ4v) is 3.79. The van der Waals surface area contributed by atoms with E-state index in [0.29, 0.717) is 0 Å². The van der Waals surface area contributed by atoms with Crippen molar-refractivity contribution >= 4 is 27.3 Å². The Kier molecular flexibility index (Phi) is 3.83. The van der Waals surface area contributed by atoms with Gasteiger partial charge in [-0.05, 0) is 13.0 Å². The van der Waals surface area contributed by atoms with Crippen LogP contribution in [0.4, 0.5) is 11.4 Å². The van der Waals surface area contributed by atoms with Crippen LogP contribution in [0.1, 0.15) is 6.92 Å². The Labute approximate surface area is 120 Å². The number of nitrogen functional groups attached to an aromatic ring is 1. The molecule has 0 radical (unpaired) electrons. The SMILES string of the molecule is CC1C(=O)NCCN1S(=O)(=O)c1ccc([N+](=O)[O-])cc1N. The second-order valence-corrected chi connectivity index (χ2v) is 6.42. The molecule has 1 aromatic rings. The van der Waals surface area contributed by atoms with E-state index in [1.165, 1.54) is 6.92 Å². The summed E-state index contributed by atoms with van der Waals surface area (Å²) in [4.78, 5) is 21.3. The van der Waals surface area contributed by atoms with Gasteiger partial charge in [-0.3, -0.25) is 14.9 Å². The number of nitrogens with zero attached hydrogens (tertiary/aromatic N) is 2. The Balaban J connectivity index is 2.44. The number of sulfonamides is 1. The fraction of sp³-hybridized carbons (Fsp3) is 0.364. The van der Waals surface area contributed by atoms with Crippen LogP contribution < -0.4 is 11.1 Å². The van der Waals surface area contributed by atoms with Crippen LogP contribution in [-0.2, 0) is 14.8 Å². The minimum atomic E-state index is -3.99. The fourth-order valence-electron chi connectivity index (χ4n) is 2.10. The molecule has 0 saturated carbocycles. The van der Waals surface area contributed by atoms with Gasteiger partial charge in [0.05, 0.1) is 10.6 Å². The molecule has 1 aromatic carbocycles. The van der Waals surface area contributed by atoms with Crippen LogP contribution in [-0.4, -0.2) is 42.7 Å². The van der Waals surface area contributed by atoms with E-state index in [2.05, 4.69) is 5.32 Å². The van der Waals surface area contributed by atoms with Gasteiger partial charge in [0.15, 0.2) is 0 Å². The Morgan fingerprint density at radius 3 is 2.71 bits per heavy atom. The predicted octanol–water partition coefficient (Wildman–Crippen LogP) is -0.314. The van der Waals surface area contributed by atoms with Crippen molar-refractivity contribution in [1.29, 1.82) is 0 Å². The molecule has 1 aliphatic rings. The number of piperazine rings is 1. The van der Waals surface area contributed by atoms with Crippen molar-refractivity contribution in [1.82, 2.24) is 9.62 Å².